The lowest BCUT2D eigenvalue weighted by molar-refractivity contribution is -0.121. The van der Waals surface area contributed by atoms with Gasteiger partial charge in [0.2, 0.25) is 5.91 Å². The van der Waals surface area contributed by atoms with E-state index in [1.807, 2.05) is 12.1 Å². The van der Waals surface area contributed by atoms with Gasteiger partial charge in [-0.3, -0.25) is 14.2 Å². The fourth-order valence-corrected chi connectivity index (χ4v) is 3.36. The third-order valence-corrected chi connectivity index (χ3v) is 5.08. The van der Waals surface area contributed by atoms with Crippen molar-refractivity contribution in [3.63, 3.8) is 0 Å². The molecule has 0 saturated carbocycles. The van der Waals surface area contributed by atoms with Crippen molar-refractivity contribution in [2.24, 2.45) is 0 Å². The Bertz CT molecular complexity index is 1320. The van der Waals surface area contributed by atoms with Gasteiger partial charge in [0, 0.05) is 36.2 Å². The Morgan fingerprint density at radius 3 is 2.56 bits per heavy atom. The highest BCUT2D eigenvalue weighted by atomic mass is 35.5. The molecule has 0 unspecified atom stereocenters. The highest BCUT2D eigenvalue weighted by Gasteiger charge is 2.18. The van der Waals surface area contributed by atoms with Gasteiger partial charge in [-0.1, -0.05) is 28.9 Å². The fourth-order valence-electron chi connectivity index (χ4n) is 3.24. The molecule has 164 valence electrons. The van der Waals surface area contributed by atoms with E-state index in [1.54, 1.807) is 12.1 Å². The third-order valence-electron chi connectivity index (χ3n) is 4.83. The smallest absolute Gasteiger partial charge is 0.266 e. The molecule has 1 N–H and O–H groups in total. The van der Waals surface area contributed by atoms with Crippen LogP contribution in [0, 0.1) is 11.6 Å². The molecular formula is C22H17ClF2N4O3. The van der Waals surface area contributed by atoms with Gasteiger partial charge in [-0.15, -0.1) is 0 Å². The molecule has 0 aliphatic rings. The number of carbonyl (C=O) groups excluding carboxylic acids is 1. The van der Waals surface area contributed by atoms with Gasteiger partial charge in [-0.25, -0.2) is 13.8 Å². The summed E-state index contributed by atoms with van der Waals surface area (Å²) in [6, 6.07) is 10.1. The first-order valence-corrected chi connectivity index (χ1v) is 10.1. The summed E-state index contributed by atoms with van der Waals surface area (Å²) in [5.74, 6) is -1.85. The number of hydrogen-bond donors (Lipinski definition) is 1. The molecule has 2 heterocycles. The van der Waals surface area contributed by atoms with E-state index in [-0.39, 0.29) is 41.2 Å². The summed E-state index contributed by atoms with van der Waals surface area (Å²) in [6.45, 7) is 0.504. The first-order chi connectivity index (χ1) is 15.4. The van der Waals surface area contributed by atoms with E-state index in [2.05, 4.69) is 15.5 Å². The van der Waals surface area contributed by atoms with E-state index in [9.17, 15) is 18.4 Å². The zero-order valence-corrected chi connectivity index (χ0v) is 17.4. The molecule has 1 amide bonds. The van der Waals surface area contributed by atoms with Crippen molar-refractivity contribution in [3.8, 4) is 11.3 Å². The molecule has 2 aromatic heterocycles. The number of halogens is 3. The van der Waals surface area contributed by atoms with Crippen molar-refractivity contribution in [1.82, 2.24) is 20.0 Å². The predicted octanol–water partition coefficient (Wildman–Crippen LogP) is 3.73. The molecule has 4 rings (SSSR count). The maximum absolute atomic E-state index is 13.6. The van der Waals surface area contributed by atoms with Crippen molar-refractivity contribution in [3.05, 3.63) is 81.4 Å². The molecule has 10 heteroatoms. The standard InChI is InChI=1S/C22H17ClF2N4O3/c23-15-3-1-13(2-4-15)5-7-26-18(30)6-8-29-12-27-21-19(22(29)31)20(28-32-21)14-9-16(24)11-17(25)10-14/h1-4,9-12H,5-8H2,(H,26,30). The molecule has 0 atom stereocenters. The molecule has 0 fully saturated rings. The number of hydrogen-bond acceptors (Lipinski definition) is 5. The second kappa shape index (κ2) is 9.27. The topological polar surface area (TPSA) is 90.0 Å². The monoisotopic (exact) mass is 458 g/mol. The molecule has 0 spiro atoms. The molecule has 0 saturated heterocycles. The van der Waals surface area contributed by atoms with E-state index in [1.165, 1.54) is 10.9 Å². The van der Waals surface area contributed by atoms with Gasteiger partial charge in [0.1, 0.15) is 29.0 Å². The molecule has 4 aromatic rings. The van der Waals surface area contributed by atoms with E-state index < -0.39 is 17.2 Å². The van der Waals surface area contributed by atoms with E-state index in [0.29, 0.717) is 24.1 Å². The minimum absolute atomic E-state index is 0.0133. The minimum atomic E-state index is -0.810. The lowest BCUT2D eigenvalue weighted by atomic mass is 10.1. The number of benzene rings is 2. The number of carbonyl (C=O) groups is 1. The van der Waals surface area contributed by atoms with Crippen LogP contribution in [0.5, 0.6) is 0 Å². The Balaban J connectivity index is 1.44. The van der Waals surface area contributed by atoms with Crippen molar-refractivity contribution >= 4 is 28.6 Å². The Kier molecular flexibility index (Phi) is 6.27. The molecule has 0 bridgehead atoms. The maximum Gasteiger partial charge on any atom is 0.266 e. The first-order valence-electron chi connectivity index (χ1n) is 9.73. The van der Waals surface area contributed by atoms with Gasteiger partial charge in [-0.2, -0.15) is 0 Å². The highest BCUT2D eigenvalue weighted by Crippen LogP contribution is 2.25. The van der Waals surface area contributed by atoms with Gasteiger partial charge in [0.05, 0.1) is 0 Å². The SMILES string of the molecule is O=C(CCn1cnc2onc(-c3cc(F)cc(F)c3)c2c1=O)NCCc1ccc(Cl)cc1. The first kappa shape index (κ1) is 21.6. The van der Waals surface area contributed by atoms with Crippen LogP contribution in [0.3, 0.4) is 0 Å². The van der Waals surface area contributed by atoms with Crippen LogP contribution in [0.25, 0.3) is 22.4 Å². The van der Waals surface area contributed by atoms with Crippen LogP contribution >= 0.6 is 11.6 Å². The second-order valence-corrected chi connectivity index (χ2v) is 7.53. The predicted molar refractivity (Wildman–Crippen MR) is 114 cm³/mol. The summed E-state index contributed by atoms with van der Waals surface area (Å²) >= 11 is 5.85. The summed E-state index contributed by atoms with van der Waals surface area (Å²) in [6.07, 6.45) is 1.93. The summed E-state index contributed by atoms with van der Waals surface area (Å²) < 4.78 is 33.5. The van der Waals surface area contributed by atoms with Gasteiger partial charge in [0.15, 0.2) is 0 Å². The molecule has 0 radical (unpaired) electrons. The van der Waals surface area contributed by atoms with Crippen molar-refractivity contribution in [1.29, 1.82) is 0 Å². The number of rotatable bonds is 7. The number of aryl methyl sites for hydroxylation is 1. The molecule has 0 aliphatic carbocycles. The summed E-state index contributed by atoms with van der Waals surface area (Å²) in [5, 5.41) is 7.18. The normalized spacial score (nSPS) is 11.1. The van der Waals surface area contributed by atoms with E-state index in [4.69, 9.17) is 16.1 Å². The van der Waals surface area contributed by atoms with Gasteiger partial charge in [-0.05, 0) is 36.2 Å². The van der Waals surface area contributed by atoms with Crippen molar-refractivity contribution in [2.75, 3.05) is 6.54 Å². The Morgan fingerprint density at radius 1 is 1.12 bits per heavy atom. The van der Waals surface area contributed by atoms with Gasteiger partial charge < -0.3 is 9.84 Å². The average molecular weight is 459 g/mol. The summed E-state index contributed by atoms with van der Waals surface area (Å²) in [5.41, 5.74) is 0.494. The Labute approximate surface area is 185 Å². The molecule has 2 aromatic carbocycles. The van der Waals surface area contributed by atoms with Crippen LogP contribution in [0.15, 0.2) is 58.1 Å². The second-order valence-electron chi connectivity index (χ2n) is 7.09. The molecule has 0 aliphatic heterocycles. The lowest BCUT2D eigenvalue weighted by Crippen LogP contribution is -2.29. The van der Waals surface area contributed by atoms with Crippen molar-refractivity contribution in [2.45, 2.75) is 19.4 Å². The Morgan fingerprint density at radius 2 is 1.84 bits per heavy atom. The number of nitrogens with zero attached hydrogens (tertiary/aromatic N) is 3. The van der Waals surface area contributed by atoms with Crippen LogP contribution < -0.4 is 10.9 Å². The van der Waals surface area contributed by atoms with Crippen LogP contribution in [-0.2, 0) is 17.8 Å². The van der Waals surface area contributed by atoms with E-state index in [0.717, 1.165) is 17.7 Å². The minimum Gasteiger partial charge on any atom is -0.356 e. The largest absolute Gasteiger partial charge is 0.356 e. The maximum atomic E-state index is 13.6. The van der Waals surface area contributed by atoms with Crippen LogP contribution in [0.1, 0.15) is 12.0 Å². The average Bonchev–Trinajstić information content (AvgIpc) is 3.19. The third kappa shape index (κ3) is 4.83. The van der Waals surface area contributed by atoms with E-state index >= 15 is 0 Å². The number of nitrogens with one attached hydrogen (secondary N) is 1. The zero-order valence-electron chi connectivity index (χ0n) is 16.6. The molecular weight excluding hydrogens is 442 g/mol. The van der Waals surface area contributed by atoms with Crippen LogP contribution in [0.4, 0.5) is 8.78 Å². The fraction of sp³-hybridized carbons (Fsp3) is 0.182. The molecule has 32 heavy (non-hydrogen) atoms. The van der Waals surface area contributed by atoms with Crippen molar-refractivity contribution < 1.29 is 18.1 Å². The summed E-state index contributed by atoms with van der Waals surface area (Å²) in [7, 11) is 0. The van der Waals surface area contributed by atoms with Gasteiger partial charge in [0.25, 0.3) is 11.3 Å². The number of amides is 1. The highest BCUT2D eigenvalue weighted by molar-refractivity contribution is 6.30. The number of aromatic nitrogens is 3. The lowest BCUT2D eigenvalue weighted by Gasteiger charge is -2.07. The van der Waals surface area contributed by atoms with Crippen LogP contribution in [0.2, 0.25) is 5.02 Å². The number of fused-ring (bicyclic) bond motifs is 1. The molecule has 7 nitrogen and oxygen atoms in total. The van der Waals surface area contributed by atoms with Gasteiger partial charge >= 0.3 is 0 Å². The zero-order chi connectivity index (χ0) is 22.7. The summed E-state index contributed by atoms with van der Waals surface area (Å²) in [4.78, 5) is 29.1. The Hall–Kier alpha value is -3.59. The van der Waals surface area contributed by atoms with Crippen LogP contribution in [-0.4, -0.2) is 27.2 Å². The quantitative estimate of drug-likeness (QED) is 0.455.